The van der Waals surface area contributed by atoms with Crippen molar-refractivity contribution in [2.45, 2.75) is 32.1 Å². The van der Waals surface area contributed by atoms with E-state index in [1.807, 2.05) is 0 Å². The van der Waals surface area contributed by atoms with Crippen molar-refractivity contribution in [1.82, 2.24) is 5.32 Å². The Hall–Kier alpha value is -3.41. The van der Waals surface area contributed by atoms with E-state index < -0.39 is 5.97 Å². The Balaban J connectivity index is 1.50. The van der Waals surface area contributed by atoms with Crippen molar-refractivity contribution in [2.75, 3.05) is 12.4 Å². The first-order valence-corrected chi connectivity index (χ1v) is 10.2. The Morgan fingerprint density at radius 2 is 1.60 bits per heavy atom. The minimum absolute atomic E-state index is 0.0600. The zero-order valence-corrected chi connectivity index (χ0v) is 17.0. The molecule has 30 heavy (non-hydrogen) atoms. The Morgan fingerprint density at radius 3 is 2.23 bits per heavy atom. The van der Waals surface area contributed by atoms with Gasteiger partial charge in [-0.15, -0.1) is 0 Å². The van der Waals surface area contributed by atoms with Crippen molar-refractivity contribution in [1.29, 1.82) is 0 Å². The molecule has 2 N–H and O–H groups in total. The van der Waals surface area contributed by atoms with Crippen LogP contribution in [0.1, 0.15) is 48.0 Å². The van der Waals surface area contributed by atoms with Gasteiger partial charge >= 0.3 is 5.97 Å². The number of anilines is 1. The number of nitrogens with one attached hydrogen (secondary N) is 2. The maximum absolute atomic E-state index is 12.3. The topological polar surface area (TPSA) is 84.5 Å². The smallest absolute Gasteiger partial charge is 0.336 e. The summed E-state index contributed by atoms with van der Waals surface area (Å²) in [6, 6.07) is 13.6. The third kappa shape index (κ3) is 6.04. The van der Waals surface area contributed by atoms with E-state index in [9.17, 15) is 14.4 Å². The van der Waals surface area contributed by atoms with E-state index in [1.165, 1.54) is 12.5 Å². The van der Waals surface area contributed by atoms with E-state index in [4.69, 9.17) is 4.74 Å². The molecule has 0 aliphatic heterocycles. The summed E-state index contributed by atoms with van der Waals surface area (Å²) < 4.78 is 5.29. The van der Waals surface area contributed by atoms with Gasteiger partial charge in [-0.05, 0) is 60.9 Å². The van der Waals surface area contributed by atoms with Gasteiger partial charge in [-0.25, -0.2) is 4.79 Å². The van der Waals surface area contributed by atoms with Crippen LogP contribution in [0.15, 0.2) is 54.6 Å². The van der Waals surface area contributed by atoms with Gasteiger partial charge in [0.15, 0.2) is 0 Å². The second kappa shape index (κ2) is 10.4. The molecule has 1 saturated carbocycles. The van der Waals surface area contributed by atoms with Gasteiger partial charge in [-0.2, -0.15) is 0 Å². The van der Waals surface area contributed by atoms with Crippen LogP contribution in [0.2, 0.25) is 0 Å². The quantitative estimate of drug-likeness (QED) is 0.428. The second-order valence-corrected chi connectivity index (χ2v) is 7.30. The van der Waals surface area contributed by atoms with Gasteiger partial charge < -0.3 is 15.4 Å². The van der Waals surface area contributed by atoms with Gasteiger partial charge in [0.05, 0.1) is 0 Å². The minimum Gasteiger partial charge on any atom is -0.423 e. The molecule has 0 aromatic heterocycles. The summed E-state index contributed by atoms with van der Waals surface area (Å²) in [7, 11) is 1.57. The maximum Gasteiger partial charge on any atom is 0.336 e. The Bertz CT molecular complexity index is 911. The van der Waals surface area contributed by atoms with Crippen LogP contribution in [0, 0.1) is 5.92 Å². The highest BCUT2D eigenvalue weighted by Crippen LogP contribution is 2.25. The van der Waals surface area contributed by atoms with Gasteiger partial charge in [-0.3, -0.25) is 9.59 Å². The SMILES string of the molecule is CNC(=O)c1ccc(/C=C/C(=O)Oc2ccc(NC(=O)C3CCCCC3)cc2)cc1. The molecular formula is C24H26N2O4. The monoisotopic (exact) mass is 406 g/mol. The highest BCUT2D eigenvalue weighted by molar-refractivity contribution is 5.94. The van der Waals surface area contributed by atoms with Crippen LogP contribution in [0.25, 0.3) is 6.08 Å². The van der Waals surface area contributed by atoms with Gasteiger partial charge in [0.25, 0.3) is 5.91 Å². The van der Waals surface area contributed by atoms with Crippen molar-refractivity contribution >= 4 is 29.5 Å². The first-order chi connectivity index (χ1) is 14.5. The summed E-state index contributed by atoms with van der Waals surface area (Å²) in [6.07, 6.45) is 8.27. The lowest BCUT2D eigenvalue weighted by Gasteiger charge is -2.20. The third-order valence-electron chi connectivity index (χ3n) is 5.13. The molecule has 1 aliphatic carbocycles. The zero-order chi connectivity index (χ0) is 21.3. The van der Waals surface area contributed by atoms with Crippen LogP contribution in [-0.2, 0) is 9.59 Å². The van der Waals surface area contributed by atoms with Gasteiger partial charge in [0, 0.05) is 30.3 Å². The molecule has 6 heteroatoms. The van der Waals surface area contributed by atoms with E-state index >= 15 is 0 Å². The molecule has 3 rings (SSSR count). The van der Waals surface area contributed by atoms with Crippen LogP contribution in [0.4, 0.5) is 5.69 Å². The van der Waals surface area contributed by atoms with E-state index in [0.717, 1.165) is 31.2 Å². The van der Waals surface area contributed by atoms with E-state index in [-0.39, 0.29) is 17.7 Å². The van der Waals surface area contributed by atoms with Crippen LogP contribution < -0.4 is 15.4 Å². The first kappa shape index (κ1) is 21.3. The number of hydrogen-bond donors (Lipinski definition) is 2. The van der Waals surface area contributed by atoms with E-state index in [2.05, 4.69) is 10.6 Å². The highest BCUT2D eigenvalue weighted by Gasteiger charge is 2.20. The fourth-order valence-electron chi connectivity index (χ4n) is 3.42. The predicted molar refractivity (Wildman–Crippen MR) is 116 cm³/mol. The van der Waals surface area contributed by atoms with Crippen molar-refractivity contribution in [3.05, 3.63) is 65.7 Å². The lowest BCUT2D eigenvalue weighted by atomic mass is 9.88. The number of carbonyl (C=O) groups excluding carboxylic acids is 3. The first-order valence-electron chi connectivity index (χ1n) is 10.2. The van der Waals surface area contributed by atoms with Gasteiger partial charge in [0.1, 0.15) is 5.75 Å². The molecule has 1 aliphatic rings. The average Bonchev–Trinajstić information content (AvgIpc) is 2.79. The van der Waals surface area contributed by atoms with E-state index in [0.29, 0.717) is 17.0 Å². The fraction of sp³-hybridized carbons (Fsp3) is 0.292. The molecule has 0 bridgehead atoms. The molecule has 2 amide bonds. The molecule has 0 heterocycles. The molecule has 6 nitrogen and oxygen atoms in total. The summed E-state index contributed by atoms with van der Waals surface area (Å²) in [5, 5.41) is 5.49. The molecule has 0 radical (unpaired) electrons. The van der Waals surface area contributed by atoms with Crippen molar-refractivity contribution in [2.24, 2.45) is 5.92 Å². The zero-order valence-electron chi connectivity index (χ0n) is 17.0. The molecule has 0 spiro atoms. The summed E-state index contributed by atoms with van der Waals surface area (Å²) >= 11 is 0. The predicted octanol–water partition coefficient (Wildman–Crippen LogP) is 4.18. The minimum atomic E-state index is -0.510. The number of benzene rings is 2. The van der Waals surface area contributed by atoms with Crippen molar-refractivity contribution in [3.8, 4) is 5.75 Å². The number of esters is 1. The lowest BCUT2D eigenvalue weighted by molar-refractivity contribution is -0.129. The molecule has 0 saturated heterocycles. The Kier molecular flexibility index (Phi) is 7.38. The Labute approximate surface area is 176 Å². The lowest BCUT2D eigenvalue weighted by Crippen LogP contribution is -2.24. The summed E-state index contributed by atoms with van der Waals surface area (Å²) in [5.41, 5.74) is 2.02. The molecule has 156 valence electrons. The van der Waals surface area contributed by atoms with Gasteiger partial charge in [-0.1, -0.05) is 31.4 Å². The molecule has 0 atom stereocenters. The van der Waals surface area contributed by atoms with Crippen molar-refractivity contribution in [3.63, 3.8) is 0 Å². The molecule has 2 aromatic rings. The molecule has 1 fully saturated rings. The van der Waals surface area contributed by atoms with Gasteiger partial charge in [0.2, 0.25) is 5.91 Å². The third-order valence-corrected chi connectivity index (χ3v) is 5.13. The molecule has 0 unspecified atom stereocenters. The van der Waals surface area contributed by atoms with Crippen LogP contribution in [0.5, 0.6) is 5.75 Å². The maximum atomic E-state index is 12.3. The number of ether oxygens (including phenoxy) is 1. The van der Waals surface area contributed by atoms with Crippen LogP contribution >= 0.6 is 0 Å². The number of carbonyl (C=O) groups is 3. The summed E-state index contributed by atoms with van der Waals surface area (Å²) in [4.78, 5) is 35.9. The highest BCUT2D eigenvalue weighted by atomic mass is 16.5. The molecular weight excluding hydrogens is 380 g/mol. The van der Waals surface area contributed by atoms with E-state index in [1.54, 1.807) is 61.7 Å². The average molecular weight is 406 g/mol. The largest absolute Gasteiger partial charge is 0.423 e. The second-order valence-electron chi connectivity index (χ2n) is 7.30. The number of hydrogen-bond acceptors (Lipinski definition) is 4. The Morgan fingerprint density at radius 1 is 0.933 bits per heavy atom. The number of rotatable bonds is 6. The van der Waals surface area contributed by atoms with Crippen LogP contribution in [-0.4, -0.2) is 24.8 Å². The summed E-state index contributed by atoms with van der Waals surface area (Å²) in [5.74, 6) is -0.125. The van der Waals surface area contributed by atoms with Crippen LogP contribution in [0.3, 0.4) is 0 Å². The fourth-order valence-corrected chi connectivity index (χ4v) is 3.42. The normalized spacial score (nSPS) is 14.3. The summed E-state index contributed by atoms with van der Waals surface area (Å²) in [6.45, 7) is 0. The molecule has 2 aromatic carbocycles. The standard InChI is InChI=1S/C24H26N2O4/c1-25-23(28)19-10-7-17(8-11-19)9-16-22(27)30-21-14-12-20(13-15-21)26-24(29)18-5-3-2-4-6-18/h7-16,18H,2-6H2,1H3,(H,25,28)(H,26,29)/b16-9+. The number of amides is 2. The van der Waals surface area contributed by atoms with Crippen molar-refractivity contribution < 1.29 is 19.1 Å².